The van der Waals surface area contributed by atoms with Crippen molar-refractivity contribution in [3.05, 3.63) is 54.1 Å². The molecule has 2 aromatic carbocycles. The molecule has 0 aliphatic carbocycles. The van der Waals surface area contributed by atoms with Gasteiger partial charge in [0.25, 0.3) is 10.0 Å². The van der Waals surface area contributed by atoms with Crippen LogP contribution in [0.1, 0.15) is 5.56 Å². The van der Waals surface area contributed by atoms with Crippen molar-refractivity contribution in [2.24, 2.45) is 5.84 Å². The van der Waals surface area contributed by atoms with Crippen LogP contribution in [-0.4, -0.2) is 54.6 Å². The van der Waals surface area contributed by atoms with Gasteiger partial charge in [-0.1, -0.05) is 30.3 Å². The third kappa shape index (κ3) is 4.95. The number of nitrogens with one attached hydrogen (secondary N) is 1. The van der Waals surface area contributed by atoms with Gasteiger partial charge in [-0.3, -0.25) is 5.84 Å². The number of aliphatic hydroxyl groups is 1. The Bertz CT molecular complexity index is 969. The highest BCUT2D eigenvalue weighted by Crippen LogP contribution is 2.34. The smallest absolute Gasteiger partial charge is 0.404 e. The van der Waals surface area contributed by atoms with E-state index in [2.05, 4.69) is 5.32 Å². The molecular weight excluding hydrogens is 402 g/mol. The molecule has 11 heteroatoms. The topological polar surface area (TPSA) is 151 Å². The first kappa shape index (κ1) is 20.9. The van der Waals surface area contributed by atoms with E-state index in [0.29, 0.717) is 10.2 Å². The molecule has 29 heavy (non-hydrogen) atoms. The lowest BCUT2D eigenvalue weighted by atomic mass is 10.0. The Morgan fingerprint density at radius 3 is 2.55 bits per heavy atom. The number of amides is 1. The molecule has 2 aromatic rings. The fourth-order valence-corrected chi connectivity index (χ4v) is 4.01. The molecule has 0 spiro atoms. The Morgan fingerprint density at radius 2 is 1.86 bits per heavy atom. The molecule has 10 nitrogen and oxygen atoms in total. The Kier molecular flexibility index (Phi) is 6.23. The fourth-order valence-electron chi connectivity index (χ4n) is 2.89. The Morgan fingerprint density at radius 1 is 1.17 bits per heavy atom. The Labute approximate surface area is 167 Å². The summed E-state index contributed by atoms with van der Waals surface area (Å²) in [5.41, 5.74) is 0.771. The van der Waals surface area contributed by atoms with E-state index in [0.717, 1.165) is 5.56 Å². The van der Waals surface area contributed by atoms with Gasteiger partial charge < -0.3 is 25.0 Å². The van der Waals surface area contributed by atoms with E-state index in [-0.39, 0.29) is 23.9 Å². The van der Waals surface area contributed by atoms with Crippen LogP contribution in [0, 0.1) is 0 Å². The standard InChI is InChI=1S/C18H21N3O7S/c19-21(29(25,26)13-6-7-16-17(9-13)28-11-27-16)10-15(22)14(20-18(23)24)8-12-4-2-1-3-5-12/h1-7,9,14-15,20,22H,8,10-11,19H2,(H,23,24)/t14-,15+/m0/s1. The number of nitrogens with zero attached hydrogens (tertiary/aromatic N) is 1. The quantitative estimate of drug-likeness (QED) is 0.354. The van der Waals surface area contributed by atoms with Crippen molar-refractivity contribution in [2.45, 2.75) is 23.5 Å². The first-order valence-electron chi connectivity index (χ1n) is 8.66. The first-order chi connectivity index (χ1) is 13.8. The highest BCUT2D eigenvalue weighted by atomic mass is 32.2. The zero-order valence-corrected chi connectivity index (χ0v) is 16.1. The lowest BCUT2D eigenvalue weighted by molar-refractivity contribution is 0.100. The fraction of sp³-hybridized carbons (Fsp3) is 0.278. The average molecular weight is 423 g/mol. The van der Waals surface area contributed by atoms with Gasteiger partial charge in [0.15, 0.2) is 11.5 Å². The molecule has 156 valence electrons. The molecular formula is C18H21N3O7S. The lowest BCUT2D eigenvalue weighted by Crippen LogP contribution is -2.52. The minimum atomic E-state index is -4.15. The monoisotopic (exact) mass is 423 g/mol. The summed E-state index contributed by atoms with van der Waals surface area (Å²) in [6.07, 6.45) is -2.57. The van der Waals surface area contributed by atoms with E-state index in [4.69, 9.17) is 20.4 Å². The number of hydrazine groups is 1. The van der Waals surface area contributed by atoms with Gasteiger partial charge in [0.2, 0.25) is 6.79 Å². The van der Waals surface area contributed by atoms with Crippen LogP contribution < -0.4 is 20.6 Å². The number of fused-ring (bicyclic) bond motifs is 1. The van der Waals surface area contributed by atoms with Gasteiger partial charge in [-0.25, -0.2) is 13.2 Å². The molecule has 0 saturated carbocycles. The lowest BCUT2D eigenvalue weighted by Gasteiger charge is -2.26. The van der Waals surface area contributed by atoms with Gasteiger partial charge in [-0.05, 0) is 24.1 Å². The summed E-state index contributed by atoms with van der Waals surface area (Å²) >= 11 is 0. The van der Waals surface area contributed by atoms with Crippen LogP contribution in [0.15, 0.2) is 53.4 Å². The largest absolute Gasteiger partial charge is 0.465 e. The minimum Gasteiger partial charge on any atom is -0.465 e. The maximum atomic E-state index is 12.7. The van der Waals surface area contributed by atoms with Gasteiger partial charge in [-0.2, -0.15) is 0 Å². The van der Waals surface area contributed by atoms with E-state index < -0.39 is 34.8 Å². The van der Waals surface area contributed by atoms with E-state index in [1.807, 2.05) is 0 Å². The van der Waals surface area contributed by atoms with Gasteiger partial charge in [-0.15, -0.1) is 4.41 Å². The van der Waals surface area contributed by atoms with Crippen molar-refractivity contribution in [3.63, 3.8) is 0 Å². The average Bonchev–Trinajstić information content (AvgIpc) is 3.15. The van der Waals surface area contributed by atoms with Crippen molar-refractivity contribution >= 4 is 16.1 Å². The third-order valence-corrected chi connectivity index (χ3v) is 6.01. The van der Waals surface area contributed by atoms with Crippen LogP contribution in [0.2, 0.25) is 0 Å². The first-order valence-corrected chi connectivity index (χ1v) is 10.1. The summed E-state index contributed by atoms with van der Waals surface area (Å²) in [6.45, 7) is -0.527. The normalized spacial score (nSPS) is 15.1. The molecule has 1 aliphatic heterocycles. The zero-order valence-electron chi connectivity index (χ0n) is 15.3. The van der Waals surface area contributed by atoms with Gasteiger partial charge in [0, 0.05) is 6.07 Å². The zero-order chi connectivity index (χ0) is 21.0. The van der Waals surface area contributed by atoms with Gasteiger partial charge in [0.05, 0.1) is 23.6 Å². The van der Waals surface area contributed by atoms with Crippen molar-refractivity contribution < 1.29 is 32.9 Å². The van der Waals surface area contributed by atoms with Crippen LogP contribution in [-0.2, 0) is 16.4 Å². The predicted molar refractivity (Wildman–Crippen MR) is 102 cm³/mol. The number of sulfonamides is 1. The van der Waals surface area contributed by atoms with Crippen LogP contribution in [0.3, 0.4) is 0 Å². The second-order valence-corrected chi connectivity index (χ2v) is 8.29. The third-order valence-electron chi connectivity index (χ3n) is 4.39. The van der Waals surface area contributed by atoms with E-state index in [1.165, 1.54) is 18.2 Å². The summed E-state index contributed by atoms with van der Waals surface area (Å²) in [4.78, 5) is 11.0. The molecule has 1 aliphatic rings. The number of hydrogen-bond donors (Lipinski definition) is 4. The predicted octanol–water partition coefficient (Wildman–Crippen LogP) is 0.519. The number of carboxylic acid groups (broad SMARTS) is 1. The number of aliphatic hydroxyl groups excluding tert-OH is 1. The van der Waals surface area contributed by atoms with Crippen molar-refractivity contribution in [1.29, 1.82) is 0 Å². The van der Waals surface area contributed by atoms with E-state index >= 15 is 0 Å². The summed E-state index contributed by atoms with van der Waals surface area (Å²) in [6, 6.07) is 12.0. The van der Waals surface area contributed by atoms with Crippen LogP contribution in [0.4, 0.5) is 4.79 Å². The molecule has 0 bridgehead atoms. The Hall–Kier alpha value is -2.86. The molecule has 0 aromatic heterocycles. The number of ether oxygens (including phenoxy) is 2. The second kappa shape index (κ2) is 8.66. The molecule has 3 rings (SSSR count). The summed E-state index contributed by atoms with van der Waals surface area (Å²) in [5, 5.41) is 21.8. The highest BCUT2D eigenvalue weighted by molar-refractivity contribution is 7.89. The molecule has 5 N–H and O–H groups in total. The molecule has 0 radical (unpaired) electrons. The van der Waals surface area contributed by atoms with E-state index in [9.17, 15) is 18.3 Å². The highest BCUT2D eigenvalue weighted by Gasteiger charge is 2.30. The number of carbonyl (C=O) groups is 1. The maximum absolute atomic E-state index is 12.7. The SMILES string of the molecule is NN(C[C@@H](O)[C@H](Cc1ccccc1)NC(=O)O)S(=O)(=O)c1ccc2c(c1)OCO2. The van der Waals surface area contributed by atoms with Crippen molar-refractivity contribution in [1.82, 2.24) is 9.73 Å². The second-order valence-electron chi connectivity index (χ2n) is 6.40. The van der Waals surface area contributed by atoms with Crippen molar-refractivity contribution in [2.75, 3.05) is 13.3 Å². The summed E-state index contributed by atoms with van der Waals surface area (Å²) in [5.74, 6) is 6.42. The van der Waals surface area contributed by atoms with E-state index in [1.54, 1.807) is 30.3 Å². The van der Waals surface area contributed by atoms with Crippen LogP contribution >= 0.6 is 0 Å². The number of benzene rings is 2. The van der Waals surface area contributed by atoms with Gasteiger partial charge >= 0.3 is 6.09 Å². The molecule has 0 saturated heterocycles. The van der Waals surface area contributed by atoms with Crippen LogP contribution in [0.5, 0.6) is 11.5 Å². The molecule has 0 fully saturated rings. The molecule has 1 amide bonds. The summed E-state index contributed by atoms with van der Waals surface area (Å²) in [7, 11) is -4.15. The minimum absolute atomic E-state index is 0.00802. The molecule has 2 atom stereocenters. The van der Waals surface area contributed by atoms with Crippen LogP contribution in [0.25, 0.3) is 0 Å². The maximum Gasteiger partial charge on any atom is 0.404 e. The van der Waals surface area contributed by atoms with Crippen molar-refractivity contribution in [3.8, 4) is 11.5 Å². The number of rotatable bonds is 8. The molecule has 1 heterocycles. The summed E-state index contributed by atoms with van der Waals surface area (Å²) < 4.78 is 36.3. The number of hydrogen-bond acceptors (Lipinski definition) is 7. The number of nitrogens with two attached hydrogens (primary N) is 1. The Balaban J connectivity index is 1.73. The molecule has 0 unspecified atom stereocenters. The van der Waals surface area contributed by atoms with Gasteiger partial charge in [0.1, 0.15) is 0 Å².